The number of ether oxygens (including phenoxy) is 2. The third-order valence-corrected chi connectivity index (χ3v) is 7.02. The minimum absolute atomic E-state index is 0.0354. The molecule has 2 aromatic carbocycles. The number of methoxy groups -OCH3 is 1. The second-order valence-electron chi connectivity index (χ2n) is 9.70. The zero-order valence-corrected chi connectivity index (χ0v) is 21.0. The van der Waals surface area contributed by atoms with Crippen molar-refractivity contribution in [3.63, 3.8) is 0 Å². The van der Waals surface area contributed by atoms with Crippen LogP contribution in [-0.4, -0.2) is 47.5 Å². The monoisotopic (exact) mass is 508 g/mol. The fraction of sp³-hybridized carbons (Fsp3) is 0.393. The van der Waals surface area contributed by atoms with E-state index in [1.54, 1.807) is 12.0 Å². The summed E-state index contributed by atoms with van der Waals surface area (Å²) >= 11 is 0. The van der Waals surface area contributed by atoms with Gasteiger partial charge in [0.25, 0.3) is 0 Å². The number of benzene rings is 2. The summed E-state index contributed by atoms with van der Waals surface area (Å²) in [5.74, 6) is 0.336. The number of carbonyl (C=O) groups is 1. The Bertz CT molecular complexity index is 1290. The van der Waals surface area contributed by atoms with Gasteiger partial charge in [0.05, 0.1) is 31.3 Å². The van der Waals surface area contributed by atoms with E-state index in [1.807, 2.05) is 24.3 Å². The van der Waals surface area contributed by atoms with Crippen LogP contribution < -0.4 is 14.4 Å². The van der Waals surface area contributed by atoms with Crippen molar-refractivity contribution in [1.82, 2.24) is 14.9 Å². The van der Waals surface area contributed by atoms with Crippen LogP contribution in [0.4, 0.5) is 14.7 Å². The van der Waals surface area contributed by atoms with Crippen LogP contribution in [0.2, 0.25) is 0 Å². The van der Waals surface area contributed by atoms with Gasteiger partial charge in [-0.15, -0.1) is 0 Å². The van der Waals surface area contributed by atoms with Gasteiger partial charge in [-0.05, 0) is 48.6 Å². The fourth-order valence-electron chi connectivity index (χ4n) is 4.74. The van der Waals surface area contributed by atoms with Crippen LogP contribution >= 0.6 is 0 Å². The molecule has 3 aromatic rings. The summed E-state index contributed by atoms with van der Waals surface area (Å²) in [6.45, 7) is 4.72. The van der Waals surface area contributed by atoms with Crippen molar-refractivity contribution in [2.24, 2.45) is 5.92 Å². The fourth-order valence-corrected chi connectivity index (χ4v) is 4.74. The lowest BCUT2D eigenvalue weighted by Crippen LogP contribution is -2.39. The minimum atomic E-state index is -0.999. The van der Waals surface area contributed by atoms with Crippen LogP contribution in [0.5, 0.6) is 17.4 Å². The maximum atomic E-state index is 13.9. The molecule has 1 aromatic heterocycles. The minimum Gasteiger partial charge on any atom is -0.497 e. The molecule has 1 amide bonds. The number of aromatic nitrogens is 2. The summed E-state index contributed by atoms with van der Waals surface area (Å²) in [6, 6.07) is 10.8. The second-order valence-corrected chi connectivity index (χ2v) is 9.70. The van der Waals surface area contributed by atoms with Gasteiger partial charge in [0.2, 0.25) is 17.7 Å². The molecule has 7 nitrogen and oxygen atoms in total. The van der Waals surface area contributed by atoms with Crippen molar-refractivity contribution >= 4 is 11.9 Å². The first-order chi connectivity index (χ1) is 17.9. The summed E-state index contributed by atoms with van der Waals surface area (Å²) in [5.41, 5.74) is 2.36. The highest BCUT2D eigenvalue weighted by Gasteiger charge is 2.29. The number of amides is 1. The molecule has 0 N–H and O–H groups in total. The van der Waals surface area contributed by atoms with Crippen molar-refractivity contribution in [3.05, 3.63) is 70.9 Å². The molecule has 2 aliphatic heterocycles. The van der Waals surface area contributed by atoms with Gasteiger partial charge in [-0.3, -0.25) is 4.79 Å². The lowest BCUT2D eigenvalue weighted by molar-refractivity contribution is -0.131. The van der Waals surface area contributed by atoms with Crippen molar-refractivity contribution in [3.8, 4) is 17.4 Å². The number of hydrogen-bond donors (Lipinski definition) is 0. The number of hydrogen-bond acceptors (Lipinski definition) is 6. The number of carbonyl (C=O) groups excluding carboxylic acids is 1. The molecular weight excluding hydrogens is 478 g/mol. The van der Waals surface area contributed by atoms with Gasteiger partial charge in [0.1, 0.15) is 11.5 Å². The van der Waals surface area contributed by atoms with Gasteiger partial charge in [-0.2, -0.15) is 4.98 Å². The Morgan fingerprint density at radius 3 is 2.59 bits per heavy atom. The first-order valence-corrected chi connectivity index (χ1v) is 12.6. The maximum Gasteiger partial charge on any atom is 0.229 e. The molecule has 1 fully saturated rings. The van der Waals surface area contributed by atoms with Crippen LogP contribution in [0.15, 0.2) is 42.5 Å². The average Bonchev–Trinajstić information content (AvgIpc) is 2.91. The molecule has 0 radical (unpaired) electrons. The van der Waals surface area contributed by atoms with Gasteiger partial charge >= 0.3 is 0 Å². The van der Waals surface area contributed by atoms with Gasteiger partial charge < -0.3 is 19.3 Å². The molecule has 0 bridgehead atoms. The number of anilines is 1. The molecule has 9 heteroatoms. The van der Waals surface area contributed by atoms with Crippen molar-refractivity contribution in [2.75, 3.05) is 31.6 Å². The van der Waals surface area contributed by atoms with Crippen LogP contribution in [0, 0.1) is 17.6 Å². The molecule has 1 saturated heterocycles. The van der Waals surface area contributed by atoms with E-state index in [1.165, 1.54) is 6.07 Å². The molecule has 37 heavy (non-hydrogen) atoms. The number of piperidine rings is 1. The van der Waals surface area contributed by atoms with E-state index in [0.29, 0.717) is 36.1 Å². The van der Waals surface area contributed by atoms with E-state index in [4.69, 9.17) is 19.4 Å². The smallest absolute Gasteiger partial charge is 0.229 e. The van der Waals surface area contributed by atoms with Gasteiger partial charge in [0, 0.05) is 32.1 Å². The Morgan fingerprint density at radius 1 is 1.03 bits per heavy atom. The molecule has 5 rings (SSSR count). The highest BCUT2D eigenvalue weighted by atomic mass is 19.2. The largest absolute Gasteiger partial charge is 0.497 e. The molecule has 194 valence electrons. The van der Waals surface area contributed by atoms with Gasteiger partial charge in [0.15, 0.2) is 11.6 Å². The quantitative estimate of drug-likeness (QED) is 0.471. The molecular formula is C28H30F2N4O3. The number of nitrogens with zero attached hydrogens (tertiary/aromatic N) is 4. The lowest BCUT2D eigenvalue weighted by atomic mass is 9.99. The van der Waals surface area contributed by atoms with Crippen molar-refractivity contribution in [2.45, 2.75) is 39.2 Å². The Labute approximate surface area is 215 Å². The lowest BCUT2D eigenvalue weighted by Gasteiger charge is -2.33. The van der Waals surface area contributed by atoms with E-state index < -0.39 is 11.6 Å². The molecule has 0 unspecified atom stereocenters. The third-order valence-electron chi connectivity index (χ3n) is 7.02. The normalized spacial score (nSPS) is 15.9. The van der Waals surface area contributed by atoms with Crippen LogP contribution in [-0.2, 0) is 24.2 Å². The Morgan fingerprint density at radius 2 is 1.84 bits per heavy atom. The van der Waals surface area contributed by atoms with Crippen molar-refractivity contribution in [1.29, 1.82) is 0 Å². The van der Waals surface area contributed by atoms with Crippen LogP contribution in [0.25, 0.3) is 0 Å². The highest BCUT2D eigenvalue weighted by molar-refractivity contribution is 5.79. The molecule has 0 saturated carbocycles. The predicted molar refractivity (Wildman–Crippen MR) is 135 cm³/mol. The number of rotatable bonds is 6. The van der Waals surface area contributed by atoms with Crippen LogP contribution in [0.3, 0.4) is 0 Å². The SMILES string of the molecule is COc1cccc(CC(=O)N2CCc3nc(N4CCC(C)CC4)nc(Oc4ccc(F)c(F)c4)c3C2)c1. The van der Waals surface area contributed by atoms with E-state index in [-0.39, 0.29) is 30.5 Å². The highest BCUT2D eigenvalue weighted by Crippen LogP contribution is 2.33. The predicted octanol–water partition coefficient (Wildman–Crippen LogP) is 4.92. The number of halogens is 2. The topological polar surface area (TPSA) is 67.8 Å². The first-order valence-electron chi connectivity index (χ1n) is 12.6. The summed E-state index contributed by atoms with van der Waals surface area (Å²) in [6.07, 6.45) is 2.88. The number of fused-ring (bicyclic) bond motifs is 1. The van der Waals surface area contributed by atoms with E-state index in [2.05, 4.69) is 11.8 Å². The summed E-state index contributed by atoms with van der Waals surface area (Å²) in [5, 5.41) is 0. The van der Waals surface area contributed by atoms with Crippen LogP contribution in [0.1, 0.15) is 36.6 Å². The van der Waals surface area contributed by atoms with Crippen molar-refractivity contribution < 1.29 is 23.0 Å². The third kappa shape index (κ3) is 5.65. The zero-order valence-electron chi connectivity index (χ0n) is 21.0. The molecule has 3 heterocycles. The standard InChI is InChI=1S/C28H30F2N4O3/c1-18-8-11-33(12-9-18)28-31-25-10-13-34(26(35)15-19-4-3-5-20(14-19)36-2)17-22(25)27(32-28)37-21-6-7-23(29)24(30)16-21/h3-7,14,16,18H,8-13,15,17H2,1-2H3. The molecule has 0 aliphatic carbocycles. The summed E-state index contributed by atoms with van der Waals surface area (Å²) < 4.78 is 38.7. The Balaban J connectivity index is 1.42. The molecule has 0 spiro atoms. The first kappa shape index (κ1) is 24.9. The average molecular weight is 509 g/mol. The van der Waals surface area contributed by atoms with E-state index >= 15 is 0 Å². The Kier molecular flexibility index (Phi) is 7.21. The zero-order chi connectivity index (χ0) is 25.9. The van der Waals surface area contributed by atoms with E-state index in [9.17, 15) is 13.6 Å². The van der Waals surface area contributed by atoms with E-state index in [0.717, 1.165) is 49.3 Å². The second kappa shape index (κ2) is 10.7. The molecule has 0 atom stereocenters. The Hall–Kier alpha value is -3.75. The summed E-state index contributed by atoms with van der Waals surface area (Å²) in [7, 11) is 1.59. The maximum absolute atomic E-state index is 13.9. The van der Waals surface area contributed by atoms with Gasteiger partial charge in [-0.1, -0.05) is 19.1 Å². The summed E-state index contributed by atoms with van der Waals surface area (Å²) in [4.78, 5) is 26.6. The van der Waals surface area contributed by atoms with Gasteiger partial charge in [-0.25, -0.2) is 13.8 Å². The molecule has 2 aliphatic rings.